The third-order valence-electron chi connectivity index (χ3n) is 8.56. The van der Waals surface area contributed by atoms with Crippen molar-refractivity contribution in [3.05, 3.63) is 57.4 Å². The minimum Gasteiger partial charge on any atom is -0.466 e. The Bertz CT molecular complexity index is 1060. The van der Waals surface area contributed by atoms with E-state index in [0.717, 1.165) is 76.8 Å². The summed E-state index contributed by atoms with van der Waals surface area (Å²) in [6, 6.07) is 7.43. The molecule has 40 heavy (non-hydrogen) atoms. The Balaban J connectivity index is 1.78. The van der Waals surface area contributed by atoms with E-state index in [1.165, 1.54) is 14.2 Å². The number of nitrogens with zero attached hydrogens (tertiary/aromatic N) is 5. The molecule has 0 aromatic heterocycles. The van der Waals surface area contributed by atoms with Crippen LogP contribution in [0.1, 0.15) is 24.3 Å². The van der Waals surface area contributed by atoms with Gasteiger partial charge in [0.05, 0.1) is 31.3 Å². The largest absolute Gasteiger partial charge is 0.466 e. The minimum absolute atomic E-state index is 0.454. The molecule has 10 heteroatoms. The van der Waals surface area contributed by atoms with Gasteiger partial charge in [0.15, 0.2) is 0 Å². The number of halogens is 1. The van der Waals surface area contributed by atoms with Crippen molar-refractivity contribution in [2.45, 2.75) is 18.8 Å². The van der Waals surface area contributed by atoms with Crippen molar-refractivity contribution in [1.29, 1.82) is 0 Å². The minimum atomic E-state index is -0.685. The highest BCUT2D eigenvalue weighted by atomic mass is 35.5. The van der Waals surface area contributed by atoms with Gasteiger partial charge in [0.25, 0.3) is 0 Å². The molecule has 0 amide bonds. The highest BCUT2D eigenvalue weighted by molar-refractivity contribution is 6.31. The average Bonchev–Trinajstić information content (AvgIpc) is 2.96. The first-order valence-electron chi connectivity index (χ1n) is 14.2. The number of rotatable bonds is 9. The maximum atomic E-state index is 13.6. The molecule has 3 aliphatic rings. The molecule has 0 spiro atoms. The van der Waals surface area contributed by atoms with Crippen LogP contribution in [0.25, 0.3) is 0 Å². The van der Waals surface area contributed by atoms with Gasteiger partial charge in [0.1, 0.15) is 0 Å². The fraction of sp³-hybridized carbons (Fsp3) is 0.600. The van der Waals surface area contributed by atoms with Crippen LogP contribution in [0.4, 0.5) is 0 Å². The molecule has 2 saturated heterocycles. The number of ether oxygens (including phenoxy) is 2. The summed E-state index contributed by atoms with van der Waals surface area (Å²) in [4.78, 5) is 38.7. The molecule has 1 aromatic rings. The second-order valence-corrected chi connectivity index (χ2v) is 11.4. The molecule has 220 valence electrons. The molecule has 0 unspecified atom stereocenters. The lowest BCUT2D eigenvalue weighted by Crippen LogP contribution is -2.46. The topological polar surface area (TPSA) is 68.8 Å². The Morgan fingerprint density at radius 2 is 1.18 bits per heavy atom. The number of piperazine rings is 2. The van der Waals surface area contributed by atoms with E-state index in [1.54, 1.807) is 6.07 Å². The zero-order valence-corrected chi connectivity index (χ0v) is 25.4. The van der Waals surface area contributed by atoms with Gasteiger partial charge in [0.2, 0.25) is 0 Å². The summed E-state index contributed by atoms with van der Waals surface area (Å²) in [6.07, 6.45) is 1.30. The number of likely N-dealkylation sites (N-methyl/N-ethyl adjacent to an activating group) is 2. The van der Waals surface area contributed by atoms with E-state index >= 15 is 0 Å². The Morgan fingerprint density at radius 3 is 1.57 bits per heavy atom. The average molecular weight is 574 g/mol. The van der Waals surface area contributed by atoms with Gasteiger partial charge in [0, 0.05) is 102 Å². The maximum Gasteiger partial charge on any atom is 0.336 e. The number of esters is 2. The van der Waals surface area contributed by atoms with Crippen molar-refractivity contribution in [2.75, 3.05) is 101 Å². The summed E-state index contributed by atoms with van der Waals surface area (Å²) in [5.74, 6) is -1.59. The second kappa shape index (κ2) is 14.0. The van der Waals surface area contributed by atoms with Crippen LogP contribution < -0.4 is 0 Å². The van der Waals surface area contributed by atoms with E-state index in [2.05, 4.69) is 38.6 Å². The van der Waals surface area contributed by atoms with Crippen LogP contribution in [0.15, 0.2) is 46.8 Å². The summed E-state index contributed by atoms with van der Waals surface area (Å²) in [7, 11) is 9.03. The van der Waals surface area contributed by atoms with Crippen molar-refractivity contribution in [3.8, 4) is 0 Å². The first kappa shape index (κ1) is 30.5. The van der Waals surface area contributed by atoms with E-state index in [4.69, 9.17) is 21.1 Å². The summed E-state index contributed by atoms with van der Waals surface area (Å²) in [6.45, 7) is 9.61. The van der Waals surface area contributed by atoms with Gasteiger partial charge in [-0.25, -0.2) is 9.59 Å². The summed E-state index contributed by atoms with van der Waals surface area (Å²) in [5, 5.41) is 0.497. The van der Waals surface area contributed by atoms with Crippen LogP contribution in [0.2, 0.25) is 5.02 Å². The maximum absolute atomic E-state index is 13.6. The number of hydrogen-bond donors (Lipinski definition) is 0. The van der Waals surface area contributed by atoms with Crippen LogP contribution in [0.3, 0.4) is 0 Å². The zero-order chi connectivity index (χ0) is 28.8. The fourth-order valence-electron chi connectivity index (χ4n) is 5.99. The molecule has 0 N–H and O–H groups in total. The molecular formula is C30H44ClN5O4. The van der Waals surface area contributed by atoms with Gasteiger partial charge in [-0.05, 0) is 25.7 Å². The van der Waals surface area contributed by atoms with Crippen LogP contribution >= 0.6 is 11.6 Å². The summed E-state index contributed by atoms with van der Waals surface area (Å²) < 4.78 is 10.7. The lowest BCUT2D eigenvalue weighted by Gasteiger charge is -2.40. The molecule has 0 saturated carbocycles. The standard InChI is InChI=1S/C30H44ClN5O4/c1-32-14-18-35(19-15-32)12-10-24-27(29(37)39-4)26(22-8-6-7-9-23(22)31)28(30(38)40-5)25(34(24)3)11-13-36-20-16-33(2)17-21-36/h6-9,26H,10-21H2,1-5H3. The van der Waals surface area contributed by atoms with E-state index in [1.807, 2.05) is 25.2 Å². The quantitative estimate of drug-likeness (QED) is 0.414. The Morgan fingerprint density at radius 1 is 0.750 bits per heavy atom. The van der Waals surface area contributed by atoms with Gasteiger partial charge < -0.3 is 34.0 Å². The molecule has 0 radical (unpaired) electrons. The smallest absolute Gasteiger partial charge is 0.336 e. The lowest BCUT2D eigenvalue weighted by atomic mass is 9.78. The van der Waals surface area contributed by atoms with Crippen LogP contribution in [0.5, 0.6) is 0 Å². The van der Waals surface area contributed by atoms with E-state index in [9.17, 15) is 9.59 Å². The van der Waals surface area contributed by atoms with Crippen molar-refractivity contribution < 1.29 is 19.1 Å². The van der Waals surface area contributed by atoms with E-state index < -0.39 is 17.9 Å². The molecule has 3 aliphatic heterocycles. The summed E-state index contributed by atoms with van der Waals surface area (Å²) >= 11 is 6.75. The van der Waals surface area contributed by atoms with Crippen LogP contribution in [-0.4, -0.2) is 137 Å². The number of hydrogen-bond acceptors (Lipinski definition) is 9. The molecule has 3 heterocycles. The third kappa shape index (κ3) is 6.89. The van der Waals surface area contributed by atoms with Gasteiger partial charge in [-0.2, -0.15) is 0 Å². The fourth-order valence-corrected chi connectivity index (χ4v) is 6.23. The Kier molecular flexibility index (Phi) is 10.7. The molecular weight excluding hydrogens is 530 g/mol. The molecule has 1 aromatic carbocycles. The van der Waals surface area contributed by atoms with Gasteiger partial charge in [-0.1, -0.05) is 29.8 Å². The molecule has 0 atom stereocenters. The number of methoxy groups -OCH3 is 2. The molecule has 4 rings (SSSR count). The lowest BCUT2D eigenvalue weighted by molar-refractivity contribution is -0.137. The predicted octanol–water partition coefficient (Wildman–Crippen LogP) is 2.50. The van der Waals surface area contributed by atoms with Crippen molar-refractivity contribution in [3.63, 3.8) is 0 Å². The SMILES string of the molecule is COC(=O)C1=C(CCN2CCN(C)CC2)N(C)C(CCN2CCN(C)CC2)=C(C(=O)OC)C1c1ccccc1Cl. The number of carbonyl (C=O) groups excluding carboxylic acids is 2. The number of benzene rings is 1. The zero-order valence-electron chi connectivity index (χ0n) is 24.6. The van der Waals surface area contributed by atoms with Crippen molar-refractivity contribution in [1.82, 2.24) is 24.5 Å². The Hall–Kier alpha value is -2.43. The third-order valence-corrected chi connectivity index (χ3v) is 8.90. The summed E-state index contributed by atoms with van der Waals surface area (Å²) in [5.41, 5.74) is 3.35. The molecule has 0 bridgehead atoms. The van der Waals surface area contributed by atoms with Gasteiger partial charge in [-0.15, -0.1) is 0 Å². The molecule has 9 nitrogen and oxygen atoms in total. The normalized spacial score (nSPS) is 20.8. The van der Waals surface area contributed by atoms with Crippen LogP contribution in [-0.2, 0) is 19.1 Å². The first-order chi connectivity index (χ1) is 19.2. The second-order valence-electron chi connectivity index (χ2n) is 11.0. The Labute approximate surface area is 243 Å². The highest BCUT2D eigenvalue weighted by Gasteiger charge is 2.42. The highest BCUT2D eigenvalue weighted by Crippen LogP contribution is 2.46. The van der Waals surface area contributed by atoms with Crippen molar-refractivity contribution in [2.24, 2.45) is 0 Å². The number of carbonyl (C=O) groups is 2. The van der Waals surface area contributed by atoms with E-state index in [-0.39, 0.29) is 0 Å². The molecule has 0 aliphatic carbocycles. The molecule has 2 fully saturated rings. The van der Waals surface area contributed by atoms with Gasteiger partial charge in [-0.3, -0.25) is 0 Å². The first-order valence-corrected chi connectivity index (χ1v) is 14.6. The predicted molar refractivity (Wildman–Crippen MR) is 157 cm³/mol. The van der Waals surface area contributed by atoms with Crippen LogP contribution in [0, 0.1) is 0 Å². The van der Waals surface area contributed by atoms with Crippen molar-refractivity contribution >= 4 is 23.5 Å². The van der Waals surface area contributed by atoms with Gasteiger partial charge >= 0.3 is 11.9 Å². The van der Waals surface area contributed by atoms with E-state index in [0.29, 0.717) is 34.6 Å². The monoisotopic (exact) mass is 573 g/mol.